The summed E-state index contributed by atoms with van der Waals surface area (Å²) in [7, 11) is 0. The highest BCUT2D eigenvalue weighted by atomic mass is 35.5. The molecular formula is C20H16ClFN2O2S2. The van der Waals surface area contributed by atoms with Gasteiger partial charge >= 0.3 is 0 Å². The highest BCUT2D eigenvalue weighted by Gasteiger charge is 2.31. The van der Waals surface area contributed by atoms with Crippen molar-refractivity contribution in [3.63, 3.8) is 0 Å². The van der Waals surface area contributed by atoms with Gasteiger partial charge in [-0.25, -0.2) is 4.39 Å². The minimum absolute atomic E-state index is 0.186. The van der Waals surface area contributed by atoms with Gasteiger partial charge in [-0.15, -0.1) is 0 Å². The van der Waals surface area contributed by atoms with Crippen molar-refractivity contribution in [2.24, 2.45) is 0 Å². The molecular weight excluding hydrogens is 419 g/mol. The van der Waals surface area contributed by atoms with Crippen LogP contribution in [0.5, 0.6) is 0 Å². The monoisotopic (exact) mass is 434 g/mol. The molecule has 0 atom stereocenters. The van der Waals surface area contributed by atoms with Gasteiger partial charge in [-0.05, 0) is 48.4 Å². The number of anilines is 1. The normalized spacial score (nSPS) is 15.4. The van der Waals surface area contributed by atoms with Crippen LogP contribution < -0.4 is 5.32 Å². The average Bonchev–Trinajstić information content (AvgIpc) is 2.93. The molecule has 0 radical (unpaired) electrons. The molecule has 3 rings (SSSR count). The number of carbonyl (C=O) groups excluding carboxylic acids is 2. The molecule has 0 unspecified atom stereocenters. The number of halogens is 2. The number of nitrogens with one attached hydrogen (secondary N) is 1. The van der Waals surface area contributed by atoms with Crippen LogP contribution in [0, 0.1) is 5.82 Å². The summed E-state index contributed by atoms with van der Waals surface area (Å²) in [6.07, 6.45) is 2.40. The fraction of sp³-hybridized carbons (Fsp3) is 0.150. The van der Waals surface area contributed by atoms with Gasteiger partial charge in [-0.3, -0.25) is 14.5 Å². The van der Waals surface area contributed by atoms with Gasteiger partial charge in [0.05, 0.1) is 4.91 Å². The molecule has 28 heavy (non-hydrogen) atoms. The molecule has 1 saturated heterocycles. The fourth-order valence-corrected chi connectivity index (χ4v) is 4.07. The van der Waals surface area contributed by atoms with Crippen molar-refractivity contribution in [3.8, 4) is 0 Å². The second-order valence-electron chi connectivity index (χ2n) is 6.01. The molecule has 1 aliphatic rings. The van der Waals surface area contributed by atoms with Gasteiger partial charge in [0.15, 0.2) is 0 Å². The smallest absolute Gasteiger partial charge is 0.266 e. The summed E-state index contributed by atoms with van der Waals surface area (Å²) in [6, 6.07) is 12.8. The summed E-state index contributed by atoms with van der Waals surface area (Å²) >= 11 is 12.7. The molecule has 2 aromatic carbocycles. The van der Waals surface area contributed by atoms with Crippen molar-refractivity contribution in [1.29, 1.82) is 0 Å². The van der Waals surface area contributed by atoms with Gasteiger partial charge in [0, 0.05) is 23.7 Å². The van der Waals surface area contributed by atoms with Gasteiger partial charge in [-0.2, -0.15) is 0 Å². The van der Waals surface area contributed by atoms with Crippen LogP contribution in [0.15, 0.2) is 53.4 Å². The van der Waals surface area contributed by atoms with E-state index in [2.05, 4.69) is 5.32 Å². The lowest BCUT2D eigenvalue weighted by Crippen LogP contribution is -2.29. The van der Waals surface area contributed by atoms with Crippen molar-refractivity contribution >= 4 is 63.5 Å². The fourth-order valence-electron chi connectivity index (χ4n) is 2.58. The Morgan fingerprint density at radius 3 is 2.64 bits per heavy atom. The summed E-state index contributed by atoms with van der Waals surface area (Å²) in [5.41, 5.74) is 1.28. The minimum Gasteiger partial charge on any atom is -0.326 e. The quantitative estimate of drug-likeness (QED) is 0.507. The molecule has 2 aromatic rings. The first-order valence-corrected chi connectivity index (χ1v) is 10.1. The number of thiocarbonyl (C=S) groups is 1. The van der Waals surface area contributed by atoms with Crippen molar-refractivity contribution in [2.75, 3.05) is 11.9 Å². The molecule has 1 aliphatic heterocycles. The molecule has 0 spiro atoms. The Kier molecular flexibility index (Phi) is 6.83. The van der Waals surface area contributed by atoms with E-state index >= 15 is 0 Å². The average molecular weight is 435 g/mol. The SMILES string of the molecule is O=C(CCCN1C(=O)C(=Cc2ccccc2Cl)SC1=S)Nc1ccc(F)cc1. The first-order valence-electron chi connectivity index (χ1n) is 8.49. The van der Waals surface area contributed by atoms with Gasteiger partial charge in [-0.1, -0.05) is 53.8 Å². The van der Waals surface area contributed by atoms with Crippen LogP contribution in [0.25, 0.3) is 6.08 Å². The number of hydrogen-bond donors (Lipinski definition) is 1. The highest BCUT2D eigenvalue weighted by molar-refractivity contribution is 8.26. The molecule has 0 aliphatic carbocycles. The van der Waals surface area contributed by atoms with Crippen molar-refractivity contribution in [3.05, 3.63) is 69.8 Å². The molecule has 144 valence electrons. The van der Waals surface area contributed by atoms with Crippen LogP contribution in [-0.2, 0) is 9.59 Å². The number of nitrogens with zero attached hydrogens (tertiary/aromatic N) is 1. The van der Waals surface area contributed by atoms with Crippen LogP contribution in [0.4, 0.5) is 10.1 Å². The van der Waals surface area contributed by atoms with Crippen LogP contribution in [0.1, 0.15) is 18.4 Å². The van der Waals surface area contributed by atoms with E-state index < -0.39 is 0 Å². The van der Waals surface area contributed by atoms with E-state index in [0.717, 1.165) is 5.56 Å². The molecule has 0 saturated carbocycles. The Morgan fingerprint density at radius 1 is 1.21 bits per heavy atom. The Hall–Kier alpha value is -2.22. The lowest BCUT2D eigenvalue weighted by atomic mass is 10.2. The van der Waals surface area contributed by atoms with Crippen molar-refractivity contribution in [2.45, 2.75) is 12.8 Å². The van der Waals surface area contributed by atoms with Gasteiger partial charge in [0.1, 0.15) is 10.1 Å². The zero-order valence-electron chi connectivity index (χ0n) is 14.7. The summed E-state index contributed by atoms with van der Waals surface area (Å²) in [6.45, 7) is 0.349. The third-order valence-electron chi connectivity index (χ3n) is 3.98. The summed E-state index contributed by atoms with van der Waals surface area (Å²) in [5, 5.41) is 3.25. The maximum Gasteiger partial charge on any atom is 0.266 e. The minimum atomic E-state index is -0.364. The molecule has 2 amide bonds. The van der Waals surface area contributed by atoms with E-state index in [0.29, 0.717) is 32.9 Å². The Morgan fingerprint density at radius 2 is 1.93 bits per heavy atom. The van der Waals surface area contributed by atoms with E-state index in [1.54, 1.807) is 12.1 Å². The van der Waals surface area contributed by atoms with E-state index in [9.17, 15) is 14.0 Å². The Bertz CT molecular complexity index is 947. The van der Waals surface area contributed by atoms with E-state index in [4.69, 9.17) is 23.8 Å². The third kappa shape index (κ3) is 5.19. The summed E-state index contributed by atoms with van der Waals surface area (Å²) in [4.78, 5) is 26.6. The number of hydrogen-bond acceptors (Lipinski definition) is 4. The number of carbonyl (C=O) groups is 2. The van der Waals surface area contributed by atoms with E-state index in [1.807, 2.05) is 18.2 Å². The number of amides is 2. The zero-order valence-corrected chi connectivity index (χ0v) is 17.0. The topological polar surface area (TPSA) is 49.4 Å². The van der Waals surface area contributed by atoms with E-state index in [-0.39, 0.29) is 24.1 Å². The number of benzene rings is 2. The van der Waals surface area contributed by atoms with Crippen molar-refractivity contribution < 1.29 is 14.0 Å². The maximum absolute atomic E-state index is 12.9. The number of thioether (sulfide) groups is 1. The highest BCUT2D eigenvalue weighted by Crippen LogP contribution is 2.33. The third-order valence-corrected chi connectivity index (χ3v) is 5.70. The molecule has 0 bridgehead atoms. The standard InChI is InChI=1S/C20H16ClFN2O2S2/c21-16-5-2-1-4-13(16)12-17-19(26)24(20(27)28-17)11-3-6-18(25)23-15-9-7-14(22)8-10-15/h1-2,4-5,7-10,12H,3,6,11H2,(H,23,25). The largest absolute Gasteiger partial charge is 0.326 e. The molecule has 1 fully saturated rings. The second kappa shape index (κ2) is 9.32. The van der Waals surface area contributed by atoms with Crippen LogP contribution in [-0.4, -0.2) is 27.6 Å². The predicted molar refractivity (Wildman–Crippen MR) is 116 cm³/mol. The molecule has 0 aromatic heterocycles. The first kappa shape index (κ1) is 20.5. The van der Waals surface area contributed by atoms with E-state index in [1.165, 1.54) is 40.9 Å². The van der Waals surface area contributed by atoms with Crippen LogP contribution >= 0.6 is 35.6 Å². The molecule has 1 N–H and O–H groups in total. The zero-order chi connectivity index (χ0) is 20.1. The van der Waals surface area contributed by atoms with Gasteiger partial charge < -0.3 is 5.32 Å². The van der Waals surface area contributed by atoms with Gasteiger partial charge in [0.2, 0.25) is 5.91 Å². The maximum atomic E-state index is 12.9. The Labute approximate surface area is 176 Å². The Balaban J connectivity index is 1.54. The number of rotatable bonds is 6. The predicted octanol–water partition coefficient (Wildman–Crippen LogP) is 5.10. The molecule has 4 nitrogen and oxygen atoms in total. The van der Waals surface area contributed by atoms with Crippen LogP contribution in [0.2, 0.25) is 5.02 Å². The molecule has 8 heteroatoms. The first-order chi connectivity index (χ1) is 13.4. The lowest BCUT2D eigenvalue weighted by Gasteiger charge is -2.14. The lowest BCUT2D eigenvalue weighted by molar-refractivity contribution is -0.122. The van der Waals surface area contributed by atoms with Gasteiger partial charge in [0.25, 0.3) is 5.91 Å². The summed E-state index contributed by atoms with van der Waals surface area (Å²) < 4.78 is 13.3. The van der Waals surface area contributed by atoms with Crippen LogP contribution in [0.3, 0.4) is 0 Å². The van der Waals surface area contributed by atoms with Crippen molar-refractivity contribution in [1.82, 2.24) is 4.90 Å². The molecule has 1 heterocycles. The second-order valence-corrected chi connectivity index (χ2v) is 8.10. The summed E-state index contributed by atoms with van der Waals surface area (Å²) in [5.74, 6) is -0.755.